The van der Waals surface area contributed by atoms with Gasteiger partial charge in [-0.2, -0.15) is 4.98 Å². The van der Waals surface area contributed by atoms with Gasteiger partial charge in [0.25, 0.3) is 5.91 Å². The van der Waals surface area contributed by atoms with Gasteiger partial charge in [0.1, 0.15) is 11.6 Å². The largest absolute Gasteiger partial charge is 0.497 e. The van der Waals surface area contributed by atoms with Gasteiger partial charge in [-0.15, -0.1) is 0 Å². The van der Waals surface area contributed by atoms with E-state index in [4.69, 9.17) is 9.26 Å². The van der Waals surface area contributed by atoms with Gasteiger partial charge in [-0.1, -0.05) is 11.2 Å². The molecule has 0 radical (unpaired) electrons. The van der Waals surface area contributed by atoms with Gasteiger partial charge in [0.15, 0.2) is 0 Å². The second kappa shape index (κ2) is 6.91. The Kier molecular flexibility index (Phi) is 4.51. The predicted octanol–water partition coefficient (Wildman–Crippen LogP) is 2.81. The monoisotopic (exact) mass is 327 g/mol. The molecule has 0 saturated heterocycles. The van der Waals surface area contributed by atoms with Gasteiger partial charge in [0, 0.05) is 11.1 Å². The maximum Gasteiger partial charge on any atom is 0.251 e. The fourth-order valence-corrected chi connectivity index (χ4v) is 2.07. The second-order valence-electron chi connectivity index (χ2n) is 4.93. The minimum atomic E-state index is -0.340. The lowest BCUT2D eigenvalue weighted by Gasteiger charge is -2.04. The van der Waals surface area contributed by atoms with Crippen molar-refractivity contribution in [2.24, 2.45) is 0 Å². The van der Waals surface area contributed by atoms with Crippen molar-refractivity contribution >= 4 is 5.91 Å². The summed E-state index contributed by atoms with van der Waals surface area (Å²) >= 11 is 0. The number of halogens is 1. The van der Waals surface area contributed by atoms with Crippen LogP contribution in [0.2, 0.25) is 0 Å². The number of amides is 1. The average Bonchev–Trinajstić information content (AvgIpc) is 3.09. The standard InChI is InChI=1S/C17H14FN3O3/c1-23-14-4-2-3-12(9-14)17(22)19-10-15-20-16(21-24-15)11-5-7-13(18)8-6-11/h2-9H,10H2,1H3,(H,19,22). The fourth-order valence-electron chi connectivity index (χ4n) is 2.07. The third-order valence-electron chi connectivity index (χ3n) is 3.30. The Morgan fingerprint density at radius 3 is 2.79 bits per heavy atom. The number of carbonyl (C=O) groups is 1. The maximum absolute atomic E-state index is 12.9. The van der Waals surface area contributed by atoms with Crippen LogP contribution in [0.3, 0.4) is 0 Å². The van der Waals surface area contributed by atoms with E-state index < -0.39 is 0 Å². The lowest BCUT2D eigenvalue weighted by atomic mass is 10.2. The number of benzene rings is 2. The Morgan fingerprint density at radius 2 is 2.04 bits per heavy atom. The van der Waals surface area contributed by atoms with Crippen LogP contribution in [0.5, 0.6) is 5.75 Å². The zero-order chi connectivity index (χ0) is 16.9. The van der Waals surface area contributed by atoms with Crippen molar-refractivity contribution in [1.82, 2.24) is 15.5 Å². The molecule has 24 heavy (non-hydrogen) atoms. The predicted molar refractivity (Wildman–Crippen MR) is 83.9 cm³/mol. The molecule has 2 aromatic carbocycles. The van der Waals surface area contributed by atoms with E-state index in [0.29, 0.717) is 22.7 Å². The Bertz CT molecular complexity index is 846. The van der Waals surface area contributed by atoms with Crippen molar-refractivity contribution < 1.29 is 18.4 Å². The van der Waals surface area contributed by atoms with Crippen LogP contribution in [0.15, 0.2) is 53.1 Å². The lowest BCUT2D eigenvalue weighted by molar-refractivity contribution is 0.0946. The van der Waals surface area contributed by atoms with Crippen LogP contribution < -0.4 is 10.1 Å². The van der Waals surface area contributed by atoms with Crippen LogP contribution in [-0.4, -0.2) is 23.2 Å². The lowest BCUT2D eigenvalue weighted by Crippen LogP contribution is -2.22. The highest BCUT2D eigenvalue weighted by molar-refractivity contribution is 5.94. The fraction of sp³-hybridized carbons (Fsp3) is 0.118. The molecule has 3 rings (SSSR count). The first kappa shape index (κ1) is 15.7. The summed E-state index contributed by atoms with van der Waals surface area (Å²) in [5.74, 6) is 0.564. The Hall–Kier alpha value is -3.22. The molecule has 1 amide bonds. The molecule has 7 heteroatoms. The molecule has 6 nitrogen and oxygen atoms in total. The molecule has 0 unspecified atom stereocenters. The van der Waals surface area contributed by atoms with Crippen molar-refractivity contribution in [3.8, 4) is 17.1 Å². The van der Waals surface area contributed by atoms with E-state index in [1.54, 1.807) is 36.4 Å². The summed E-state index contributed by atoms with van der Waals surface area (Å²) in [6, 6.07) is 12.5. The van der Waals surface area contributed by atoms with Crippen molar-refractivity contribution in [2.45, 2.75) is 6.54 Å². The Balaban J connectivity index is 1.64. The highest BCUT2D eigenvalue weighted by Gasteiger charge is 2.11. The number of methoxy groups -OCH3 is 1. The minimum absolute atomic E-state index is 0.0875. The van der Waals surface area contributed by atoms with Crippen molar-refractivity contribution in [1.29, 1.82) is 0 Å². The zero-order valence-corrected chi connectivity index (χ0v) is 12.8. The number of rotatable bonds is 5. The molecule has 0 aliphatic heterocycles. The van der Waals surface area contributed by atoms with E-state index in [1.807, 2.05) is 0 Å². The van der Waals surface area contributed by atoms with Gasteiger partial charge in [0.05, 0.1) is 13.7 Å². The van der Waals surface area contributed by atoms with Crippen LogP contribution >= 0.6 is 0 Å². The molecule has 0 atom stereocenters. The van der Waals surface area contributed by atoms with Gasteiger partial charge in [-0.05, 0) is 42.5 Å². The van der Waals surface area contributed by atoms with Crippen LogP contribution in [0, 0.1) is 5.82 Å². The number of aromatic nitrogens is 2. The molecule has 1 aromatic heterocycles. The number of hydrogen-bond donors (Lipinski definition) is 1. The van der Waals surface area contributed by atoms with Crippen molar-refractivity contribution in [3.63, 3.8) is 0 Å². The average molecular weight is 327 g/mol. The summed E-state index contributed by atoms with van der Waals surface area (Å²) in [6.45, 7) is 0.0875. The molecule has 0 spiro atoms. The minimum Gasteiger partial charge on any atom is -0.497 e. The molecule has 0 fully saturated rings. The Labute approximate surface area is 137 Å². The van der Waals surface area contributed by atoms with E-state index in [1.165, 1.54) is 19.2 Å². The number of ether oxygens (including phenoxy) is 1. The quantitative estimate of drug-likeness (QED) is 0.780. The molecule has 1 N–H and O–H groups in total. The third-order valence-corrected chi connectivity index (χ3v) is 3.30. The first-order chi connectivity index (χ1) is 11.7. The molecule has 122 valence electrons. The number of nitrogens with one attached hydrogen (secondary N) is 1. The molecule has 1 heterocycles. The molecular weight excluding hydrogens is 313 g/mol. The third kappa shape index (κ3) is 3.57. The van der Waals surface area contributed by atoms with Crippen LogP contribution in [0.4, 0.5) is 4.39 Å². The summed E-state index contributed by atoms with van der Waals surface area (Å²) in [5.41, 5.74) is 1.10. The Morgan fingerprint density at radius 1 is 1.25 bits per heavy atom. The molecule has 0 bridgehead atoms. The summed E-state index contributed by atoms with van der Waals surface area (Å²) in [5, 5.41) is 6.50. The summed E-state index contributed by atoms with van der Waals surface area (Å²) in [6.07, 6.45) is 0. The number of carbonyl (C=O) groups excluding carboxylic acids is 1. The van der Waals surface area contributed by atoms with Crippen LogP contribution in [-0.2, 0) is 6.54 Å². The van der Waals surface area contributed by atoms with Crippen LogP contribution in [0.25, 0.3) is 11.4 Å². The van der Waals surface area contributed by atoms with Gasteiger partial charge in [-0.3, -0.25) is 4.79 Å². The van der Waals surface area contributed by atoms with Gasteiger partial charge in [-0.25, -0.2) is 4.39 Å². The van der Waals surface area contributed by atoms with E-state index >= 15 is 0 Å². The van der Waals surface area contributed by atoms with Crippen molar-refractivity contribution in [2.75, 3.05) is 7.11 Å². The highest BCUT2D eigenvalue weighted by Crippen LogP contribution is 2.16. The first-order valence-corrected chi connectivity index (χ1v) is 7.16. The zero-order valence-electron chi connectivity index (χ0n) is 12.8. The maximum atomic E-state index is 12.9. The van der Waals surface area contributed by atoms with E-state index in [0.717, 1.165) is 0 Å². The van der Waals surface area contributed by atoms with E-state index in [2.05, 4.69) is 15.5 Å². The van der Waals surface area contributed by atoms with Gasteiger partial charge in [0.2, 0.25) is 11.7 Å². The molecule has 0 saturated carbocycles. The molecule has 0 aliphatic rings. The summed E-state index contributed by atoms with van der Waals surface area (Å²) in [7, 11) is 1.53. The number of nitrogens with zero attached hydrogens (tertiary/aromatic N) is 2. The molecule has 3 aromatic rings. The first-order valence-electron chi connectivity index (χ1n) is 7.16. The summed E-state index contributed by atoms with van der Waals surface area (Å²) in [4.78, 5) is 16.3. The second-order valence-corrected chi connectivity index (χ2v) is 4.93. The smallest absolute Gasteiger partial charge is 0.251 e. The summed E-state index contributed by atoms with van der Waals surface area (Å²) < 4.78 is 23.1. The SMILES string of the molecule is COc1cccc(C(=O)NCc2nc(-c3ccc(F)cc3)no2)c1. The highest BCUT2D eigenvalue weighted by atomic mass is 19.1. The molecular formula is C17H14FN3O3. The van der Waals surface area contributed by atoms with Gasteiger partial charge >= 0.3 is 0 Å². The normalized spacial score (nSPS) is 10.4. The van der Waals surface area contributed by atoms with Gasteiger partial charge < -0.3 is 14.6 Å². The topological polar surface area (TPSA) is 77.2 Å². The van der Waals surface area contributed by atoms with E-state index in [-0.39, 0.29) is 24.2 Å². The number of hydrogen-bond acceptors (Lipinski definition) is 5. The van der Waals surface area contributed by atoms with E-state index in [9.17, 15) is 9.18 Å². The van der Waals surface area contributed by atoms with Crippen LogP contribution in [0.1, 0.15) is 16.2 Å². The van der Waals surface area contributed by atoms with Crippen molar-refractivity contribution in [3.05, 3.63) is 65.8 Å². The molecule has 0 aliphatic carbocycles.